The first-order chi connectivity index (χ1) is 7.15. The Kier molecular flexibility index (Phi) is 4.84. The number of aliphatic hydroxyl groups excluding tert-OH is 1. The number of hydrogen-bond donors (Lipinski definition) is 2. The summed E-state index contributed by atoms with van der Waals surface area (Å²) >= 11 is 0. The zero-order valence-electron chi connectivity index (χ0n) is 9.35. The van der Waals surface area contributed by atoms with Gasteiger partial charge in [-0.1, -0.05) is 0 Å². The van der Waals surface area contributed by atoms with E-state index < -0.39 is 0 Å². The topological polar surface area (TPSA) is 69.8 Å². The van der Waals surface area contributed by atoms with E-state index in [1.54, 1.807) is 16.8 Å². The van der Waals surface area contributed by atoms with Crippen LogP contribution in [0.1, 0.15) is 19.3 Å². The van der Waals surface area contributed by atoms with E-state index in [4.69, 9.17) is 5.73 Å². The zero-order valence-corrected chi connectivity index (χ0v) is 9.35. The highest BCUT2D eigenvalue weighted by atomic mass is 16.3. The van der Waals surface area contributed by atoms with Crippen molar-refractivity contribution in [1.29, 1.82) is 0 Å². The number of urea groups is 1. The molecule has 5 heteroatoms. The standard InChI is InChI=1S/C10H21N3O2/c1-12(6-3-5-11)10(15)13-7-2-4-9(14)8-13/h9,14H,2-8,11H2,1H3. The normalized spacial score (nSPS) is 21.5. The van der Waals surface area contributed by atoms with Crippen molar-refractivity contribution in [3.8, 4) is 0 Å². The van der Waals surface area contributed by atoms with Gasteiger partial charge in [-0.25, -0.2) is 4.79 Å². The summed E-state index contributed by atoms with van der Waals surface area (Å²) in [5.41, 5.74) is 5.39. The van der Waals surface area contributed by atoms with Crippen molar-refractivity contribution >= 4 is 6.03 Å². The number of hydrogen-bond acceptors (Lipinski definition) is 3. The molecule has 0 radical (unpaired) electrons. The van der Waals surface area contributed by atoms with Gasteiger partial charge in [0.25, 0.3) is 0 Å². The molecule has 0 aliphatic carbocycles. The summed E-state index contributed by atoms with van der Waals surface area (Å²) < 4.78 is 0. The molecule has 1 saturated heterocycles. The Labute approximate surface area is 90.8 Å². The Morgan fingerprint density at radius 1 is 1.67 bits per heavy atom. The van der Waals surface area contributed by atoms with Gasteiger partial charge in [0.1, 0.15) is 0 Å². The van der Waals surface area contributed by atoms with Crippen molar-refractivity contribution in [2.75, 3.05) is 33.2 Å². The highest BCUT2D eigenvalue weighted by molar-refractivity contribution is 5.74. The van der Waals surface area contributed by atoms with Crippen LogP contribution >= 0.6 is 0 Å². The second-order valence-electron chi connectivity index (χ2n) is 4.09. The molecule has 1 aliphatic rings. The second kappa shape index (κ2) is 5.92. The van der Waals surface area contributed by atoms with E-state index >= 15 is 0 Å². The monoisotopic (exact) mass is 215 g/mol. The summed E-state index contributed by atoms with van der Waals surface area (Å²) in [7, 11) is 1.78. The van der Waals surface area contributed by atoms with E-state index in [-0.39, 0.29) is 12.1 Å². The number of nitrogens with two attached hydrogens (primary N) is 1. The molecule has 1 heterocycles. The predicted octanol–water partition coefficient (Wildman–Crippen LogP) is -0.156. The minimum atomic E-state index is -0.356. The molecular formula is C10H21N3O2. The molecule has 15 heavy (non-hydrogen) atoms. The maximum absolute atomic E-state index is 11.8. The summed E-state index contributed by atoms with van der Waals surface area (Å²) in [4.78, 5) is 15.2. The van der Waals surface area contributed by atoms with Gasteiger partial charge in [0.05, 0.1) is 6.10 Å². The highest BCUT2D eigenvalue weighted by Gasteiger charge is 2.23. The molecule has 5 nitrogen and oxygen atoms in total. The van der Waals surface area contributed by atoms with Crippen molar-refractivity contribution < 1.29 is 9.90 Å². The number of carbonyl (C=O) groups excluding carboxylic acids is 1. The van der Waals surface area contributed by atoms with Gasteiger partial charge < -0.3 is 20.6 Å². The van der Waals surface area contributed by atoms with Crippen molar-refractivity contribution in [2.24, 2.45) is 5.73 Å². The first kappa shape index (κ1) is 12.3. The fraction of sp³-hybridized carbons (Fsp3) is 0.900. The quantitative estimate of drug-likeness (QED) is 0.687. The number of likely N-dealkylation sites (tertiary alicyclic amines) is 1. The lowest BCUT2D eigenvalue weighted by atomic mass is 10.1. The van der Waals surface area contributed by atoms with E-state index in [9.17, 15) is 9.90 Å². The van der Waals surface area contributed by atoms with Gasteiger partial charge in [0.15, 0.2) is 0 Å². The predicted molar refractivity (Wildman–Crippen MR) is 58.5 cm³/mol. The number of nitrogens with zero attached hydrogens (tertiary/aromatic N) is 2. The summed E-state index contributed by atoms with van der Waals surface area (Å²) in [5, 5.41) is 9.45. The van der Waals surface area contributed by atoms with Crippen molar-refractivity contribution in [3.05, 3.63) is 0 Å². The maximum Gasteiger partial charge on any atom is 0.319 e. The third-order valence-corrected chi connectivity index (χ3v) is 2.69. The van der Waals surface area contributed by atoms with Crippen molar-refractivity contribution in [1.82, 2.24) is 9.80 Å². The van der Waals surface area contributed by atoms with Crippen LogP contribution in [0.15, 0.2) is 0 Å². The molecule has 2 amide bonds. The van der Waals surface area contributed by atoms with Crippen LogP contribution in [-0.2, 0) is 0 Å². The Balaban J connectivity index is 2.37. The smallest absolute Gasteiger partial charge is 0.319 e. The summed E-state index contributed by atoms with van der Waals surface area (Å²) in [6, 6.07) is 0.00204. The Morgan fingerprint density at radius 2 is 2.40 bits per heavy atom. The second-order valence-corrected chi connectivity index (χ2v) is 4.09. The number of β-amino-alcohol motifs (C(OH)–C–C–N with tert-alkyl or cyclic N) is 1. The van der Waals surface area contributed by atoms with E-state index in [0.717, 1.165) is 25.8 Å². The van der Waals surface area contributed by atoms with Gasteiger partial charge in [-0.05, 0) is 25.8 Å². The number of amides is 2. The molecule has 0 aromatic carbocycles. The van der Waals surface area contributed by atoms with Crippen LogP contribution in [-0.4, -0.2) is 60.3 Å². The van der Waals surface area contributed by atoms with Gasteiger partial charge in [-0.2, -0.15) is 0 Å². The lowest BCUT2D eigenvalue weighted by molar-refractivity contribution is 0.0738. The number of rotatable bonds is 3. The van der Waals surface area contributed by atoms with Crippen molar-refractivity contribution in [2.45, 2.75) is 25.4 Å². The molecule has 0 spiro atoms. The van der Waals surface area contributed by atoms with Gasteiger partial charge in [-0.3, -0.25) is 0 Å². The number of carbonyl (C=O) groups is 1. The minimum absolute atomic E-state index is 0.00204. The molecule has 0 saturated carbocycles. The largest absolute Gasteiger partial charge is 0.391 e. The van der Waals surface area contributed by atoms with E-state index in [0.29, 0.717) is 19.6 Å². The minimum Gasteiger partial charge on any atom is -0.391 e. The van der Waals surface area contributed by atoms with Crippen LogP contribution in [0, 0.1) is 0 Å². The Bertz CT molecular complexity index is 211. The number of piperidine rings is 1. The van der Waals surface area contributed by atoms with Crippen LogP contribution in [0.25, 0.3) is 0 Å². The van der Waals surface area contributed by atoms with Crippen LogP contribution < -0.4 is 5.73 Å². The molecule has 0 aromatic rings. The number of aliphatic hydroxyl groups is 1. The van der Waals surface area contributed by atoms with Gasteiger partial charge >= 0.3 is 6.03 Å². The summed E-state index contributed by atoms with van der Waals surface area (Å²) in [5.74, 6) is 0. The molecule has 1 aliphatic heterocycles. The van der Waals surface area contributed by atoms with E-state index in [2.05, 4.69) is 0 Å². The van der Waals surface area contributed by atoms with Crippen molar-refractivity contribution in [3.63, 3.8) is 0 Å². The lowest BCUT2D eigenvalue weighted by Gasteiger charge is -2.33. The lowest BCUT2D eigenvalue weighted by Crippen LogP contribution is -2.48. The fourth-order valence-corrected chi connectivity index (χ4v) is 1.79. The van der Waals surface area contributed by atoms with Gasteiger partial charge in [-0.15, -0.1) is 0 Å². The van der Waals surface area contributed by atoms with Gasteiger partial charge in [0.2, 0.25) is 0 Å². The van der Waals surface area contributed by atoms with E-state index in [1.807, 2.05) is 0 Å². The molecule has 1 fully saturated rings. The van der Waals surface area contributed by atoms with Gasteiger partial charge in [0, 0.05) is 26.7 Å². The molecule has 0 bridgehead atoms. The Hall–Kier alpha value is -0.810. The first-order valence-corrected chi connectivity index (χ1v) is 5.53. The van der Waals surface area contributed by atoms with E-state index in [1.165, 1.54) is 0 Å². The maximum atomic E-state index is 11.8. The molecule has 1 rings (SSSR count). The average molecular weight is 215 g/mol. The Morgan fingerprint density at radius 3 is 3.00 bits per heavy atom. The fourth-order valence-electron chi connectivity index (χ4n) is 1.79. The first-order valence-electron chi connectivity index (χ1n) is 5.53. The average Bonchev–Trinajstić information content (AvgIpc) is 2.24. The molecule has 3 N–H and O–H groups in total. The SMILES string of the molecule is CN(CCCN)C(=O)N1CCCC(O)C1. The zero-order chi connectivity index (χ0) is 11.3. The molecular weight excluding hydrogens is 194 g/mol. The van der Waals surface area contributed by atoms with Crippen LogP contribution in [0.4, 0.5) is 4.79 Å². The summed E-state index contributed by atoms with van der Waals surface area (Å²) in [6.45, 7) is 2.50. The van der Waals surface area contributed by atoms with Crippen LogP contribution in [0.2, 0.25) is 0 Å². The van der Waals surface area contributed by atoms with Crippen LogP contribution in [0.5, 0.6) is 0 Å². The third-order valence-electron chi connectivity index (χ3n) is 2.69. The third kappa shape index (κ3) is 3.68. The summed E-state index contributed by atoms with van der Waals surface area (Å²) in [6.07, 6.45) is 2.15. The highest BCUT2D eigenvalue weighted by Crippen LogP contribution is 2.11. The molecule has 1 unspecified atom stereocenters. The molecule has 1 atom stereocenters. The molecule has 88 valence electrons. The molecule has 0 aromatic heterocycles. The van der Waals surface area contributed by atoms with Crippen LogP contribution in [0.3, 0.4) is 0 Å².